The van der Waals surface area contributed by atoms with E-state index in [2.05, 4.69) is 15.4 Å². The Morgan fingerprint density at radius 3 is 2.92 bits per heavy atom. The van der Waals surface area contributed by atoms with Gasteiger partial charge in [-0.05, 0) is 14.0 Å². The number of carbonyl (C=O) groups is 1. The van der Waals surface area contributed by atoms with Gasteiger partial charge >= 0.3 is 5.97 Å². The monoisotopic (exact) mass is 184 g/mol. The van der Waals surface area contributed by atoms with E-state index in [1.54, 1.807) is 14.0 Å². The molecule has 0 aliphatic heterocycles. The Hall–Kier alpha value is -1.43. The summed E-state index contributed by atoms with van der Waals surface area (Å²) in [7, 11) is 1.78. The molecule has 0 saturated carbocycles. The molecule has 0 fully saturated rings. The van der Waals surface area contributed by atoms with Crippen LogP contribution in [-0.2, 0) is 17.9 Å². The van der Waals surface area contributed by atoms with Crippen LogP contribution in [0.25, 0.3) is 0 Å². The van der Waals surface area contributed by atoms with Crippen molar-refractivity contribution in [2.45, 2.75) is 20.0 Å². The van der Waals surface area contributed by atoms with Crippen molar-refractivity contribution in [2.24, 2.45) is 0 Å². The number of aliphatic carboxylic acids is 1. The highest BCUT2D eigenvalue weighted by atomic mass is 16.4. The third-order valence-corrected chi connectivity index (χ3v) is 1.52. The largest absolute Gasteiger partial charge is 0.480 e. The summed E-state index contributed by atoms with van der Waals surface area (Å²) in [4.78, 5) is 14.5. The van der Waals surface area contributed by atoms with Gasteiger partial charge in [0.15, 0.2) is 5.82 Å². The van der Waals surface area contributed by atoms with E-state index in [-0.39, 0.29) is 6.54 Å². The molecule has 0 bridgehead atoms. The van der Waals surface area contributed by atoms with Crippen LogP contribution < -0.4 is 5.32 Å². The molecule has 0 amide bonds. The van der Waals surface area contributed by atoms with Crippen molar-refractivity contribution in [1.29, 1.82) is 0 Å². The van der Waals surface area contributed by atoms with E-state index in [4.69, 9.17) is 5.11 Å². The Morgan fingerprint density at radius 2 is 2.38 bits per heavy atom. The fourth-order valence-electron chi connectivity index (χ4n) is 0.989. The first-order valence-electron chi connectivity index (χ1n) is 3.90. The zero-order valence-corrected chi connectivity index (χ0v) is 7.61. The van der Waals surface area contributed by atoms with Crippen LogP contribution in [0.2, 0.25) is 0 Å². The van der Waals surface area contributed by atoms with E-state index >= 15 is 0 Å². The molecule has 0 radical (unpaired) electrons. The van der Waals surface area contributed by atoms with Crippen molar-refractivity contribution in [2.75, 3.05) is 7.05 Å². The highest BCUT2D eigenvalue weighted by molar-refractivity contribution is 5.66. The molecule has 1 rings (SSSR count). The maximum absolute atomic E-state index is 10.4. The minimum atomic E-state index is -0.913. The normalized spacial score (nSPS) is 10.3. The van der Waals surface area contributed by atoms with Crippen LogP contribution in [-0.4, -0.2) is 32.9 Å². The lowest BCUT2D eigenvalue weighted by Crippen LogP contribution is -2.12. The van der Waals surface area contributed by atoms with Crippen LogP contribution in [0.5, 0.6) is 0 Å². The molecule has 6 nitrogen and oxygen atoms in total. The van der Waals surface area contributed by atoms with E-state index in [1.807, 2.05) is 0 Å². The van der Waals surface area contributed by atoms with Gasteiger partial charge in [0, 0.05) is 0 Å². The molecule has 2 N–H and O–H groups in total. The second kappa shape index (κ2) is 3.99. The van der Waals surface area contributed by atoms with Crippen LogP contribution in [0, 0.1) is 6.92 Å². The second-order valence-electron chi connectivity index (χ2n) is 2.66. The fourth-order valence-corrected chi connectivity index (χ4v) is 0.989. The maximum atomic E-state index is 10.4. The Balaban J connectivity index is 2.77. The van der Waals surface area contributed by atoms with E-state index in [0.29, 0.717) is 18.2 Å². The molecule has 0 atom stereocenters. The highest BCUT2D eigenvalue weighted by Gasteiger charge is 2.07. The topological polar surface area (TPSA) is 80.0 Å². The van der Waals surface area contributed by atoms with E-state index in [1.165, 1.54) is 4.68 Å². The van der Waals surface area contributed by atoms with Crippen LogP contribution >= 0.6 is 0 Å². The molecule has 6 heteroatoms. The summed E-state index contributed by atoms with van der Waals surface area (Å²) >= 11 is 0. The summed E-state index contributed by atoms with van der Waals surface area (Å²) in [6.07, 6.45) is 0. The van der Waals surface area contributed by atoms with E-state index in [0.717, 1.165) is 0 Å². The quantitative estimate of drug-likeness (QED) is 0.652. The lowest BCUT2D eigenvalue weighted by Gasteiger charge is -1.95. The van der Waals surface area contributed by atoms with Gasteiger partial charge in [-0.15, -0.1) is 0 Å². The molecular weight excluding hydrogens is 172 g/mol. The molecule has 72 valence electrons. The summed E-state index contributed by atoms with van der Waals surface area (Å²) in [6, 6.07) is 0. The van der Waals surface area contributed by atoms with Crippen LogP contribution in [0.3, 0.4) is 0 Å². The Labute approximate surface area is 75.6 Å². The van der Waals surface area contributed by atoms with Crippen molar-refractivity contribution in [3.05, 3.63) is 11.6 Å². The van der Waals surface area contributed by atoms with Gasteiger partial charge in [0.1, 0.15) is 12.4 Å². The Kier molecular flexibility index (Phi) is 2.97. The first kappa shape index (κ1) is 9.66. The number of carboxylic acid groups (broad SMARTS) is 1. The van der Waals surface area contributed by atoms with Crippen molar-refractivity contribution in [3.8, 4) is 0 Å². The predicted molar refractivity (Wildman–Crippen MR) is 45.2 cm³/mol. The molecule has 0 unspecified atom stereocenters. The molecular formula is C7H12N4O2. The summed E-state index contributed by atoms with van der Waals surface area (Å²) < 4.78 is 1.37. The standard InChI is InChI=1S/C7H12N4O2/c1-5-9-6(3-8-2)10-11(5)4-7(12)13/h8H,3-4H2,1-2H3,(H,12,13). The van der Waals surface area contributed by atoms with E-state index < -0.39 is 5.97 Å². The van der Waals surface area contributed by atoms with Crippen LogP contribution in [0.1, 0.15) is 11.6 Å². The van der Waals surface area contributed by atoms with Gasteiger partial charge in [0.2, 0.25) is 0 Å². The fraction of sp³-hybridized carbons (Fsp3) is 0.571. The highest BCUT2D eigenvalue weighted by Crippen LogP contribution is 1.96. The number of aryl methyl sites for hydroxylation is 1. The minimum absolute atomic E-state index is 0.136. The maximum Gasteiger partial charge on any atom is 0.325 e. The van der Waals surface area contributed by atoms with E-state index in [9.17, 15) is 4.79 Å². The minimum Gasteiger partial charge on any atom is -0.480 e. The molecule has 1 heterocycles. The lowest BCUT2D eigenvalue weighted by atomic mass is 10.6. The van der Waals surface area contributed by atoms with Crippen molar-refractivity contribution < 1.29 is 9.90 Å². The van der Waals surface area contributed by atoms with Crippen molar-refractivity contribution in [1.82, 2.24) is 20.1 Å². The van der Waals surface area contributed by atoms with Gasteiger partial charge in [-0.3, -0.25) is 4.79 Å². The molecule has 1 aromatic heterocycles. The molecule has 0 aliphatic rings. The molecule has 1 aromatic rings. The predicted octanol–water partition coefficient (Wildman–Crippen LogP) is -0.609. The van der Waals surface area contributed by atoms with Gasteiger partial charge in [-0.25, -0.2) is 9.67 Å². The number of carboxylic acids is 1. The summed E-state index contributed by atoms with van der Waals surface area (Å²) in [6.45, 7) is 2.14. The third-order valence-electron chi connectivity index (χ3n) is 1.52. The molecule has 13 heavy (non-hydrogen) atoms. The van der Waals surface area contributed by atoms with Crippen molar-refractivity contribution >= 4 is 5.97 Å². The lowest BCUT2D eigenvalue weighted by molar-refractivity contribution is -0.137. The number of hydrogen-bond acceptors (Lipinski definition) is 4. The number of nitrogens with one attached hydrogen (secondary N) is 1. The Bertz CT molecular complexity index is 307. The zero-order chi connectivity index (χ0) is 9.84. The summed E-state index contributed by atoms with van der Waals surface area (Å²) in [5.74, 6) is 0.318. The summed E-state index contributed by atoms with van der Waals surface area (Å²) in [5.41, 5.74) is 0. The van der Waals surface area contributed by atoms with Gasteiger partial charge in [-0.1, -0.05) is 0 Å². The van der Waals surface area contributed by atoms with Crippen molar-refractivity contribution in [3.63, 3.8) is 0 Å². The Morgan fingerprint density at radius 1 is 1.69 bits per heavy atom. The zero-order valence-electron chi connectivity index (χ0n) is 7.61. The second-order valence-corrected chi connectivity index (χ2v) is 2.66. The molecule has 0 aromatic carbocycles. The van der Waals surface area contributed by atoms with Gasteiger partial charge in [0.05, 0.1) is 6.54 Å². The first-order chi connectivity index (χ1) is 6.13. The smallest absolute Gasteiger partial charge is 0.325 e. The van der Waals surface area contributed by atoms with Crippen LogP contribution in [0.15, 0.2) is 0 Å². The molecule has 0 aliphatic carbocycles. The van der Waals surface area contributed by atoms with Gasteiger partial charge < -0.3 is 10.4 Å². The van der Waals surface area contributed by atoms with Gasteiger partial charge in [-0.2, -0.15) is 5.10 Å². The number of aromatic nitrogens is 3. The third kappa shape index (κ3) is 2.51. The first-order valence-corrected chi connectivity index (χ1v) is 3.90. The average molecular weight is 184 g/mol. The molecule has 0 saturated heterocycles. The molecule has 0 spiro atoms. The number of rotatable bonds is 4. The number of hydrogen-bond donors (Lipinski definition) is 2. The number of nitrogens with zero attached hydrogens (tertiary/aromatic N) is 3. The average Bonchev–Trinajstić information content (AvgIpc) is 2.31. The summed E-state index contributed by atoms with van der Waals surface area (Å²) in [5, 5.41) is 15.4. The van der Waals surface area contributed by atoms with Gasteiger partial charge in [0.25, 0.3) is 0 Å². The van der Waals surface area contributed by atoms with Crippen LogP contribution in [0.4, 0.5) is 0 Å². The SMILES string of the molecule is CNCc1nc(C)n(CC(=O)O)n1.